The highest BCUT2D eigenvalue weighted by Gasteiger charge is 2.54. The van der Waals surface area contributed by atoms with Crippen molar-refractivity contribution in [1.29, 1.82) is 0 Å². The van der Waals surface area contributed by atoms with E-state index in [1.54, 1.807) is 12.1 Å². The fourth-order valence-electron chi connectivity index (χ4n) is 2.98. The van der Waals surface area contributed by atoms with Crippen molar-refractivity contribution in [2.24, 2.45) is 0 Å². The van der Waals surface area contributed by atoms with E-state index < -0.39 is 11.4 Å². The van der Waals surface area contributed by atoms with Crippen LogP contribution in [0.1, 0.15) is 44.0 Å². The lowest BCUT2D eigenvalue weighted by Crippen LogP contribution is -2.37. The molecule has 0 amide bonds. The van der Waals surface area contributed by atoms with Gasteiger partial charge in [-0.25, -0.2) is 4.79 Å². The van der Waals surface area contributed by atoms with E-state index >= 15 is 0 Å². The quantitative estimate of drug-likeness (QED) is 0.801. The summed E-state index contributed by atoms with van der Waals surface area (Å²) in [5.41, 5.74) is 0.0107. The minimum atomic E-state index is -0.615. The van der Waals surface area contributed by atoms with Crippen molar-refractivity contribution in [3.05, 3.63) is 35.9 Å². The summed E-state index contributed by atoms with van der Waals surface area (Å²) in [5.74, 6) is -0.952. The molecule has 2 heterocycles. The van der Waals surface area contributed by atoms with Crippen LogP contribution in [-0.2, 0) is 18.9 Å². The van der Waals surface area contributed by atoms with Gasteiger partial charge in [0.1, 0.15) is 18.3 Å². The Balaban J connectivity index is 1.61. The predicted molar refractivity (Wildman–Crippen MR) is 79.3 cm³/mol. The monoisotopic (exact) mass is 306 g/mol. The molecule has 22 heavy (non-hydrogen) atoms. The second kappa shape index (κ2) is 5.65. The van der Waals surface area contributed by atoms with Crippen molar-refractivity contribution in [3.8, 4) is 0 Å². The van der Waals surface area contributed by atoms with Crippen molar-refractivity contribution in [3.63, 3.8) is 0 Å². The van der Waals surface area contributed by atoms with Gasteiger partial charge in [-0.2, -0.15) is 0 Å². The number of ether oxygens (including phenoxy) is 4. The molecule has 3 atom stereocenters. The molecule has 0 saturated carbocycles. The highest BCUT2D eigenvalue weighted by molar-refractivity contribution is 5.89. The first kappa shape index (κ1) is 15.5. The molecule has 0 spiro atoms. The lowest BCUT2D eigenvalue weighted by Gasteiger charge is -2.29. The minimum absolute atomic E-state index is 0.106. The van der Waals surface area contributed by atoms with E-state index in [0.29, 0.717) is 12.0 Å². The maximum Gasteiger partial charge on any atom is 0.338 e. The van der Waals surface area contributed by atoms with Crippen LogP contribution in [-0.4, -0.2) is 36.4 Å². The first-order chi connectivity index (χ1) is 10.4. The summed E-state index contributed by atoms with van der Waals surface area (Å²) >= 11 is 0. The summed E-state index contributed by atoms with van der Waals surface area (Å²) in [7, 11) is 0. The number of esters is 1. The Labute approximate surface area is 130 Å². The third kappa shape index (κ3) is 3.02. The zero-order chi connectivity index (χ0) is 15.8. The van der Waals surface area contributed by atoms with E-state index in [-0.39, 0.29) is 25.0 Å². The van der Waals surface area contributed by atoms with Crippen LogP contribution in [0.5, 0.6) is 0 Å². The molecule has 2 fully saturated rings. The van der Waals surface area contributed by atoms with Crippen LogP contribution in [0.25, 0.3) is 0 Å². The molecule has 0 N–H and O–H groups in total. The van der Waals surface area contributed by atoms with Gasteiger partial charge in [0.2, 0.25) is 0 Å². The Morgan fingerprint density at radius 3 is 2.59 bits per heavy atom. The molecule has 0 aromatic heterocycles. The SMILES string of the molecule is CCC1(COC(=O)c2ccccc2)CC2OC(C)(C)OC2O1. The van der Waals surface area contributed by atoms with Gasteiger partial charge in [0.25, 0.3) is 0 Å². The van der Waals surface area contributed by atoms with Crippen molar-refractivity contribution in [1.82, 2.24) is 0 Å². The highest BCUT2D eigenvalue weighted by Crippen LogP contribution is 2.43. The second-order valence-electron chi connectivity index (χ2n) is 6.34. The highest BCUT2D eigenvalue weighted by atomic mass is 16.8. The lowest BCUT2D eigenvalue weighted by molar-refractivity contribution is -0.231. The molecule has 2 aliphatic rings. The topological polar surface area (TPSA) is 54.0 Å². The minimum Gasteiger partial charge on any atom is -0.459 e. The van der Waals surface area contributed by atoms with Crippen LogP contribution < -0.4 is 0 Å². The van der Waals surface area contributed by atoms with Crippen LogP contribution >= 0.6 is 0 Å². The number of hydrogen-bond donors (Lipinski definition) is 0. The number of carbonyl (C=O) groups is 1. The van der Waals surface area contributed by atoms with Crippen molar-refractivity contribution >= 4 is 5.97 Å². The van der Waals surface area contributed by atoms with E-state index in [1.165, 1.54) is 0 Å². The van der Waals surface area contributed by atoms with Crippen LogP contribution in [0.4, 0.5) is 0 Å². The normalized spacial score (nSPS) is 32.7. The van der Waals surface area contributed by atoms with E-state index in [0.717, 1.165) is 6.42 Å². The summed E-state index contributed by atoms with van der Waals surface area (Å²) in [5, 5.41) is 0. The van der Waals surface area contributed by atoms with E-state index in [2.05, 4.69) is 0 Å². The molecule has 5 heteroatoms. The summed E-state index contributed by atoms with van der Waals surface area (Å²) in [6, 6.07) is 8.96. The molecule has 0 bridgehead atoms. The van der Waals surface area contributed by atoms with E-state index in [4.69, 9.17) is 18.9 Å². The number of rotatable bonds is 4. The molecule has 0 aliphatic carbocycles. The Morgan fingerprint density at radius 1 is 1.23 bits per heavy atom. The van der Waals surface area contributed by atoms with Gasteiger partial charge in [-0.3, -0.25) is 0 Å². The van der Waals surface area contributed by atoms with Crippen molar-refractivity contribution in [2.75, 3.05) is 6.61 Å². The Morgan fingerprint density at radius 2 is 1.95 bits per heavy atom. The molecule has 120 valence electrons. The van der Waals surface area contributed by atoms with Gasteiger partial charge in [0.05, 0.1) is 5.56 Å². The zero-order valence-electron chi connectivity index (χ0n) is 13.2. The predicted octanol–water partition coefficient (Wildman–Crippen LogP) is 2.89. The molecule has 3 rings (SSSR count). The standard InChI is InChI=1S/C17H22O5/c1-4-17(10-13-15(22-17)21-16(2,3)20-13)11-19-14(18)12-8-6-5-7-9-12/h5-9,13,15H,4,10-11H2,1-3H3. The number of fused-ring (bicyclic) bond motifs is 1. The average Bonchev–Trinajstić information content (AvgIpc) is 2.96. The zero-order valence-corrected chi connectivity index (χ0v) is 13.2. The summed E-state index contributed by atoms with van der Waals surface area (Å²) in [6.45, 7) is 5.97. The summed E-state index contributed by atoms with van der Waals surface area (Å²) < 4.78 is 23.0. The van der Waals surface area contributed by atoms with Gasteiger partial charge >= 0.3 is 5.97 Å². The van der Waals surface area contributed by atoms with E-state index in [1.807, 2.05) is 39.0 Å². The first-order valence-corrected chi connectivity index (χ1v) is 7.69. The third-order valence-electron chi connectivity index (χ3n) is 4.20. The molecule has 5 nitrogen and oxygen atoms in total. The van der Waals surface area contributed by atoms with Crippen LogP contribution in [0.2, 0.25) is 0 Å². The van der Waals surface area contributed by atoms with Gasteiger partial charge < -0.3 is 18.9 Å². The Bertz CT molecular complexity index is 523. The van der Waals surface area contributed by atoms with Crippen LogP contribution in [0.15, 0.2) is 30.3 Å². The molecular formula is C17H22O5. The van der Waals surface area contributed by atoms with Crippen molar-refractivity contribution in [2.45, 2.75) is 57.4 Å². The van der Waals surface area contributed by atoms with Gasteiger partial charge in [0, 0.05) is 6.42 Å². The van der Waals surface area contributed by atoms with Crippen LogP contribution in [0, 0.1) is 0 Å². The molecule has 0 radical (unpaired) electrons. The largest absolute Gasteiger partial charge is 0.459 e. The average molecular weight is 306 g/mol. The molecule has 1 aromatic rings. The first-order valence-electron chi connectivity index (χ1n) is 7.69. The maximum absolute atomic E-state index is 12.1. The molecule has 1 aromatic carbocycles. The third-order valence-corrected chi connectivity index (χ3v) is 4.20. The van der Waals surface area contributed by atoms with E-state index in [9.17, 15) is 4.79 Å². The van der Waals surface area contributed by atoms with Crippen molar-refractivity contribution < 1.29 is 23.7 Å². The number of benzene rings is 1. The maximum atomic E-state index is 12.1. The summed E-state index contributed by atoms with van der Waals surface area (Å²) in [6.07, 6.45) is 0.908. The number of hydrogen-bond acceptors (Lipinski definition) is 5. The number of carbonyl (C=O) groups excluding carboxylic acids is 1. The second-order valence-corrected chi connectivity index (χ2v) is 6.34. The lowest BCUT2D eigenvalue weighted by atomic mass is 9.97. The fourth-order valence-corrected chi connectivity index (χ4v) is 2.98. The van der Waals surface area contributed by atoms with Crippen LogP contribution in [0.3, 0.4) is 0 Å². The Kier molecular flexibility index (Phi) is 3.97. The summed E-state index contributed by atoms with van der Waals surface area (Å²) in [4.78, 5) is 12.1. The van der Waals surface area contributed by atoms with Gasteiger partial charge in [-0.1, -0.05) is 25.1 Å². The molecule has 3 unspecified atom stereocenters. The fraction of sp³-hybridized carbons (Fsp3) is 0.588. The van der Waals surface area contributed by atoms with Gasteiger partial charge in [0.15, 0.2) is 12.1 Å². The molecule has 2 saturated heterocycles. The van der Waals surface area contributed by atoms with Gasteiger partial charge in [-0.05, 0) is 32.4 Å². The Hall–Kier alpha value is -1.43. The molecule has 2 aliphatic heterocycles. The van der Waals surface area contributed by atoms with Gasteiger partial charge in [-0.15, -0.1) is 0 Å². The molecular weight excluding hydrogens is 284 g/mol. The smallest absolute Gasteiger partial charge is 0.338 e.